The van der Waals surface area contributed by atoms with Gasteiger partial charge in [-0.15, -0.1) is 0 Å². The third kappa shape index (κ3) is 4.04. The number of imidazole rings is 1. The van der Waals surface area contributed by atoms with E-state index in [2.05, 4.69) is 18.0 Å². The molecule has 1 aromatic heterocycles. The van der Waals surface area contributed by atoms with E-state index in [1.165, 1.54) is 11.8 Å². The van der Waals surface area contributed by atoms with Gasteiger partial charge in [-0.25, -0.2) is 4.98 Å². The molecule has 1 aliphatic rings. The second-order valence-corrected chi connectivity index (χ2v) is 6.98. The van der Waals surface area contributed by atoms with Gasteiger partial charge in [0, 0.05) is 45.5 Å². The Kier molecular flexibility index (Phi) is 5.43. The Bertz CT molecular complexity index is 766. The van der Waals surface area contributed by atoms with Gasteiger partial charge in [-0.05, 0) is 18.6 Å². The molecule has 0 aliphatic carbocycles. The van der Waals surface area contributed by atoms with Crippen molar-refractivity contribution in [2.45, 2.75) is 19.0 Å². The predicted octanol–water partition coefficient (Wildman–Crippen LogP) is 1.96. The molecular weight excluding hydrogens is 336 g/mol. The fraction of sp³-hybridized carbons (Fsp3) is 0.389. The maximum Gasteiger partial charge on any atom is 0.233 e. The highest BCUT2D eigenvalue weighted by atomic mass is 32.2. The molecule has 1 saturated heterocycles. The second-order valence-electron chi connectivity index (χ2n) is 6.04. The molecule has 6 nitrogen and oxygen atoms in total. The summed E-state index contributed by atoms with van der Waals surface area (Å²) in [6.07, 6.45) is 3.67. The van der Waals surface area contributed by atoms with E-state index >= 15 is 0 Å². The van der Waals surface area contributed by atoms with E-state index in [1.807, 2.05) is 33.9 Å². The average molecular weight is 358 g/mol. The number of hydrogen-bond donors (Lipinski definition) is 0. The molecule has 3 rings (SSSR count). The first-order valence-electron chi connectivity index (χ1n) is 8.31. The highest BCUT2D eigenvalue weighted by Gasteiger charge is 2.22. The molecule has 0 spiro atoms. The van der Waals surface area contributed by atoms with Crippen molar-refractivity contribution in [2.75, 3.05) is 31.9 Å². The van der Waals surface area contributed by atoms with Crippen molar-refractivity contribution in [2.24, 2.45) is 0 Å². The van der Waals surface area contributed by atoms with Crippen LogP contribution in [0.3, 0.4) is 0 Å². The van der Waals surface area contributed by atoms with Gasteiger partial charge < -0.3 is 9.80 Å². The highest BCUT2D eigenvalue weighted by Crippen LogP contribution is 2.23. The topological polar surface area (TPSA) is 58.4 Å². The molecule has 1 aromatic carbocycles. The van der Waals surface area contributed by atoms with Gasteiger partial charge in [0.1, 0.15) is 0 Å². The number of benzene rings is 1. The maximum absolute atomic E-state index is 12.4. The molecule has 0 saturated carbocycles. The van der Waals surface area contributed by atoms with Crippen molar-refractivity contribution < 1.29 is 9.59 Å². The lowest BCUT2D eigenvalue weighted by atomic mass is 10.2. The standard InChI is InChI=1S/C18H22N4O2S/c1-14-5-3-4-6-16(14)22-8-7-19-18(22)25-13-17(24)21-11-9-20(10-12-21)15(2)23/h3-8H,9-13H2,1-2H3. The van der Waals surface area contributed by atoms with Crippen LogP contribution in [0, 0.1) is 6.92 Å². The Morgan fingerprint density at radius 2 is 1.80 bits per heavy atom. The van der Waals surface area contributed by atoms with Crippen molar-refractivity contribution in [1.29, 1.82) is 0 Å². The minimum atomic E-state index is 0.0710. The Morgan fingerprint density at radius 1 is 1.12 bits per heavy atom. The van der Waals surface area contributed by atoms with Crippen molar-refractivity contribution >= 4 is 23.6 Å². The Labute approximate surface area is 151 Å². The van der Waals surface area contributed by atoms with E-state index in [0.29, 0.717) is 31.9 Å². The molecule has 0 bridgehead atoms. The predicted molar refractivity (Wildman–Crippen MR) is 97.9 cm³/mol. The third-order valence-electron chi connectivity index (χ3n) is 4.38. The highest BCUT2D eigenvalue weighted by molar-refractivity contribution is 7.99. The van der Waals surface area contributed by atoms with Gasteiger partial charge >= 0.3 is 0 Å². The molecule has 0 atom stereocenters. The second kappa shape index (κ2) is 7.74. The van der Waals surface area contributed by atoms with Gasteiger partial charge in [0.15, 0.2) is 5.16 Å². The maximum atomic E-state index is 12.4. The summed E-state index contributed by atoms with van der Waals surface area (Å²) in [7, 11) is 0. The van der Waals surface area contributed by atoms with E-state index in [9.17, 15) is 9.59 Å². The zero-order valence-corrected chi connectivity index (χ0v) is 15.3. The van der Waals surface area contributed by atoms with Crippen LogP contribution in [0.1, 0.15) is 12.5 Å². The minimum absolute atomic E-state index is 0.0710. The molecule has 0 radical (unpaired) electrons. The quantitative estimate of drug-likeness (QED) is 0.784. The number of piperazine rings is 1. The summed E-state index contributed by atoms with van der Waals surface area (Å²) in [5.41, 5.74) is 2.24. The number of carbonyl (C=O) groups is 2. The monoisotopic (exact) mass is 358 g/mol. The van der Waals surface area contributed by atoms with Gasteiger partial charge in [-0.1, -0.05) is 30.0 Å². The van der Waals surface area contributed by atoms with Crippen molar-refractivity contribution in [3.8, 4) is 5.69 Å². The van der Waals surface area contributed by atoms with Crippen LogP contribution in [0.25, 0.3) is 5.69 Å². The lowest BCUT2D eigenvalue weighted by Gasteiger charge is -2.34. The molecule has 2 amide bonds. The van der Waals surface area contributed by atoms with Crippen LogP contribution in [0.2, 0.25) is 0 Å². The Morgan fingerprint density at radius 3 is 2.48 bits per heavy atom. The largest absolute Gasteiger partial charge is 0.339 e. The van der Waals surface area contributed by atoms with Crippen LogP contribution in [-0.2, 0) is 9.59 Å². The smallest absolute Gasteiger partial charge is 0.233 e. The van der Waals surface area contributed by atoms with Crippen LogP contribution in [0.4, 0.5) is 0 Å². The summed E-state index contributed by atoms with van der Waals surface area (Å²) in [5, 5.41) is 0.810. The number of aryl methyl sites for hydroxylation is 1. The molecule has 25 heavy (non-hydrogen) atoms. The van der Waals surface area contributed by atoms with Crippen LogP contribution < -0.4 is 0 Å². The normalized spacial score (nSPS) is 14.6. The molecule has 1 aliphatic heterocycles. The van der Waals surface area contributed by atoms with E-state index in [1.54, 1.807) is 18.0 Å². The Hall–Kier alpha value is -2.28. The third-order valence-corrected chi connectivity index (χ3v) is 5.34. The SMILES string of the molecule is CC(=O)N1CCN(C(=O)CSc2nccn2-c2ccccc2C)CC1. The molecule has 2 aromatic rings. The molecular formula is C18H22N4O2S. The summed E-state index contributed by atoms with van der Waals surface area (Å²) in [4.78, 5) is 31.8. The number of thioether (sulfide) groups is 1. The summed E-state index contributed by atoms with van der Waals surface area (Å²) < 4.78 is 2.01. The van der Waals surface area contributed by atoms with Gasteiger partial charge in [0.05, 0.1) is 11.4 Å². The number of amides is 2. The number of carbonyl (C=O) groups excluding carboxylic acids is 2. The number of rotatable bonds is 4. The number of para-hydroxylation sites is 1. The molecule has 7 heteroatoms. The van der Waals surface area contributed by atoms with Gasteiger partial charge in [0.25, 0.3) is 0 Å². The molecule has 2 heterocycles. The summed E-state index contributed by atoms with van der Waals surface area (Å²) >= 11 is 1.45. The van der Waals surface area contributed by atoms with Gasteiger partial charge in [0.2, 0.25) is 11.8 Å². The fourth-order valence-electron chi connectivity index (χ4n) is 2.90. The number of aromatic nitrogens is 2. The summed E-state index contributed by atoms with van der Waals surface area (Å²) in [6.45, 7) is 6.06. The lowest BCUT2D eigenvalue weighted by Crippen LogP contribution is -2.50. The first-order valence-corrected chi connectivity index (χ1v) is 9.30. The first kappa shape index (κ1) is 17.5. The minimum Gasteiger partial charge on any atom is -0.339 e. The van der Waals surface area contributed by atoms with E-state index in [0.717, 1.165) is 16.4 Å². The van der Waals surface area contributed by atoms with E-state index < -0.39 is 0 Å². The van der Waals surface area contributed by atoms with Crippen LogP contribution in [-0.4, -0.2) is 63.1 Å². The number of hydrogen-bond acceptors (Lipinski definition) is 4. The summed E-state index contributed by atoms with van der Waals surface area (Å²) in [5.74, 6) is 0.512. The van der Waals surface area contributed by atoms with Crippen LogP contribution in [0.5, 0.6) is 0 Å². The average Bonchev–Trinajstić information content (AvgIpc) is 3.08. The van der Waals surface area contributed by atoms with Crippen molar-refractivity contribution in [1.82, 2.24) is 19.4 Å². The Balaban J connectivity index is 1.60. The number of nitrogens with zero attached hydrogens (tertiary/aromatic N) is 4. The first-order chi connectivity index (χ1) is 12.1. The molecule has 1 fully saturated rings. The zero-order valence-electron chi connectivity index (χ0n) is 14.5. The molecule has 0 unspecified atom stereocenters. The van der Waals surface area contributed by atoms with Gasteiger partial charge in [-0.3, -0.25) is 14.2 Å². The van der Waals surface area contributed by atoms with Gasteiger partial charge in [-0.2, -0.15) is 0 Å². The molecule has 132 valence electrons. The van der Waals surface area contributed by atoms with E-state index in [-0.39, 0.29) is 11.8 Å². The van der Waals surface area contributed by atoms with E-state index in [4.69, 9.17) is 0 Å². The van der Waals surface area contributed by atoms with Crippen molar-refractivity contribution in [3.63, 3.8) is 0 Å². The molecule has 0 N–H and O–H groups in total. The van der Waals surface area contributed by atoms with Crippen molar-refractivity contribution in [3.05, 3.63) is 42.2 Å². The van der Waals surface area contributed by atoms with Crippen LogP contribution >= 0.6 is 11.8 Å². The fourth-order valence-corrected chi connectivity index (χ4v) is 3.77. The summed E-state index contributed by atoms with van der Waals surface area (Å²) in [6, 6.07) is 8.11. The van der Waals surface area contributed by atoms with Crippen LogP contribution in [0.15, 0.2) is 41.8 Å². The lowest BCUT2D eigenvalue weighted by molar-refractivity contribution is -0.136. The zero-order chi connectivity index (χ0) is 17.8.